The molecule has 0 unspecified atom stereocenters. The third-order valence-corrected chi connectivity index (χ3v) is 3.20. The summed E-state index contributed by atoms with van der Waals surface area (Å²) in [5.41, 5.74) is 1.19. The first kappa shape index (κ1) is 13.9. The van der Waals surface area contributed by atoms with Crippen LogP contribution in [0.1, 0.15) is 18.9 Å². The van der Waals surface area contributed by atoms with Gasteiger partial charge in [-0.2, -0.15) is 4.98 Å². The largest absolute Gasteiger partial charge is 0.438 e. The molecule has 19 heavy (non-hydrogen) atoms. The monoisotopic (exact) mass is 320 g/mol. The van der Waals surface area contributed by atoms with Crippen molar-refractivity contribution >= 4 is 21.7 Å². The maximum atomic E-state index is 5.79. The van der Waals surface area contributed by atoms with Crippen molar-refractivity contribution in [2.45, 2.75) is 20.3 Å². The maximum Gasteiger partial charge on any atom is 0.221 e. The first-order valence-electron chi connectivity index (χ1n) is 6.34. The van der Waals surface area contributed by atoms with E-state index in [-0.39, 0.29) is 0 Å². The molecule has 0 amide bonds. The van der Waals surface area contributed by atoms with Crippen LogP contribution in [0, 0.1) is 6.92 Å². The lowest BCUT2D eigenvalue weighted by Gasteiger charge is -2.09. The fourth-order valence-corrected chi connectivity index (χ4v) is 2.20. The van der Waals surface area contributed by atoms with Crippen LogP contribution < -0.4 is 10.1 Å². The second-order valence-electron chi connectivity index (χ2n) is 4.32. The van der Waals surface area contributed by atoms with Gasteiger partial charge in [-0.05, 0) is 53.0 Å². The molecule has 1 N–H and O–H groups in total. The quantitative estimate of drug-likeness (QED) is 0.861. The van der Waals surface area contributed by atoms with Gasteiger partial charge >= 0.3 is 0 Å². The Morgan fingerprint density at radius 3 is 2.84 bits per heavy atom. The molecule has 4 heteroatoms. The van der Waals surface area contributed by atoms with Gasteiger partial charge in [0.25, 0.3) is 0 Å². The predicted octanol–water partition coefficient (Wildman–Crippen LogP) is 4.77. The number of nitrogens with one attached hydrogen (secondary N) is 1. The molecule has 2 aromatic rings. The van der Waals surface area contributed by atoms with Gasteiger partial charge in [0.15, 0.2) is 0 Å². The standard InChI is InChI=1S/C15H17BrN2O/c1-3-9-17-14-5-4-6-15(18-14)19-13-8-7-11(2)10-12(13)16/h4-8,10H,3,9H2,1-2H3,(H,17,18). The first-order chi connectivity index (χ1) is 9.19. The average molecular weight is 321 g/mol. The van der Waals surface area contributed by atoms with Crippen molar-refractivity contribution in [3.63, 3.8) is 0 Å². The van der Waals surface area contributed by atoms with Crippen molar-refractivity contribution < 1.29 is 4.74 Å². The zero-order chi connectivity index (χ0) is 13.7. The van der Waals surface area contributed by atoms with E-state index in [2.05, 4.69) is 33.2 Å². The fraction of sp³-hybridized carbons (Fsp3) is 0.267. The van der Waals surface area contributed by atoms with E-state index in [0.717, 1.165) is 29.0 Å². The molecule has 0 aliphatic heterocycles. The lowest BCUT2D eigenvalue weighted by molar-refractivity contribution is 0.460. The van der Waals surface area contributed by atoms with Crippen LogP contribution in [0.25, 0.3) is 0 Å². The summed E-state index contributed by atoms with van der Waals surface area (Å²) in [6, 6.07) is 11.7. The van der Waals surface area contributed by atoms with E-state index in [4.69, 9.17) is 4.74 Å². The van der Waals surface area contributed by atoms with E-state index in [0.29, 0.717) is 5.88 Å². The summed E-state index contributed by atoms with van der Waals surface area (Å²) in [6.07, 6.45) is 1.07. The zero-order valence-corrected chi connectivity index (χ0v) is 12.7. The van der Waals surface area contributed by atoms with Gasteiger partial charge in [-0.15, -0.1) is 0 Å². The van der Waals surface area contributed by atoms with Gasteiger partial charge in [0.2, 0.25) is 5.88 Å². The highest BCUT2D eigenvalue weighted by atomic mass is 79.9. The van der Waals surface area contributed by atoms with Gasteiger partial charge in [0.05, 0.1) is 4.47 Å². The van der Waals surface area contributed by atoms with Crippen LogP contribution in [-0.2, 0) is 0 Å². The highest BCUT2D eigenvalue weighted by Gasteiger charge is 2.04. The molecule has 1 heterocycles. The lowest BCUT2D eigenvalue weighted by Crippen LogP contribution is -2.02. The Morgan fingerprint density at radius 1 is 1.26 bits per heavy atom. The van der Waals surface area contributed by atoms with Crippen LogP contribution in [0.15, 0.2) is 40.9 Å². The van der Waals surface area contributed by atoms with Crippen molar-refractivity contribution in [3.8, 4) is 11.6 Å². The topological polar surface area (TPSA) is 34.1 Å². The minimum absolute atomic E-state index is 0.589. The molecule has 0 aliphatic carbocycles. The number of benzene rings is 1. The van der Waals surface area contributed by atoms with Crippen molar-refractivity contribution in [2.24, 2.45) is 0 Å². The van der Waals surface area contributed by atoms with E-state index >= 15 is 0 Å². The molecule has 1 aromatic carbocycles. The number of hydrogen-bond acceptors (Lipinski definition) is 3. The Morgan fingerprint density at radius 2 is 2.11 bits per heavy atom. The van der Waals surface area contributed by atoms with Crippen LogP contribution in [0.3, 0.4) is 0 Å². The molecule has 0 saturated heterocycles. The molecule has 0 atom stereocenters. The maximum absolute atomic E-state index is 5.79. The van der Waals surface area contributed by atoms with Crippen molar-refractivity contribution in [3.05, 3.63) is 46.4 Å². The van der Waals surface area contributed by atoms with Crippen LogP contribution in [0.2, 0.25) is 0 Å². The second kappa shape index (κ2) is 6.57. The van der Waals surface area contributed by atoms with E-state index in [1.807, 2.05) is 43.3 Å². The summed E-state index contributed by atoms with van der Waals surface area (Å²) in [5.74, 6) is 2.19. The van der Waals surface area contributed by atoms with E-state index in [9.17, 15) is 0 Å². The Balaban J connectivity index is 2.14. The van der Waals surface area contributed by atoms with Gasteiger partial charge in [-0.1, -0.05) is 19.1 Å². The summed E-state index contributed by atoms with van der Waals surface area (Å²) < 4.78 is 6.72. The van der Waals surface area contributed by atoms with Crippen LogP contribution >= 0.6 is 15.9 Å². The van der Waals surface area contributed by atoms with Crippen LogP contribution in [-0.4, -0.2) is 11.5 Å². The Hall–Kier alpha value is -1.55. The van der Waals surface area contributed by atoms with Crippen molar-refractivity contribution in [2.75, 3.05) is 11.9 Å². The SMILES string of the molecule is CCCNc1cccc(Oc2ccc(C)cc2Br)n1. The normalized spacial score (nSPS) is 10.3. The molecule has 0 spiro atoms. The molecule has 0 fully saturated rings. The molecular weight excluding hydrogens is 304 g/mol. The zero-order valence-electron chi connectivity index (χ0n) is 11.1. The molecule has 100 valence electrons. The van der Waals surface area contributed by atoms with Crippen LogP contribution in [0.4, 0.5) is 5.82 Å². The molecule has 0 saturated carbocycles. The smallest absolute Gasteiger partial charge is 0.221 e. The van der Waals surface area contributed by atoms with E-state index in [1.165, 1.54) is 5.56 Å². The highest BCUT2D eigenvalue weighted by molar-refractivity contribution is 9.10. The van der Waals surface area contributed by atoms with Crippen molar-refractivity contribution in [1.29, 1.82) is 0 Å². The second-order valence-corrected chi connectivity index (χ2v) is 5.18. The molecule has 2 rings (SSSR count). The fourth-order valence-electron chi connectivity index (χ4n) is 1.62. The summed E-state index contributed by atoms with van der Waals surface area (Å²) in [7, 11) is 0. The van der Waals surface area contributed by atoms with E-state index in [1.54, 1.807) is 0 Å². The molecule has 3 nitrogen and oxygen atoms in total. The third kappa shape index (κ3) is 3.96. The van der Waals surface area contributed by atoms with Gasteiger partial charge in [0, 0.05) is 12.6 Å². The van der Waals surface area contributed by atoms with E-state index < -0.39 is 0 Å². The van der Waals surface area contributed by atoms with Gasteiger partial charge in [-0.3, -0.25) is 0 Å². The number of aromatic nitrogens is 1. The number of hydrogen-bond donors (Lipinski definition) is 1. The number of pyridine rings is 1. The summed E-state index contributed by atoms with van der Waals surface area (Å²) in [5, 5.41) is 3.24. The number of rotatable bonds is 5. The number of ether oxygens (including phenoxy) is 1. The minimum Gasteiger partial charge on any atom is -0.438 e. The molecular formula is C15H17BrN2O. The average Bonchev–Trinajstić information content (AvgIpc) is 2.40. The number of halogens is 1. The van der Waals surface area contributed by atoms with Gasteiger partial charge in [-0.25, -0.2) is 0 Å². The number of aryl methyl sites for hydroxylation is 1. The minimum atomic E-state index is 0.589. The Kier molecular flexibility index (Phi) is 4.80. The molecule has 1 aromatic heterocycles. The molecule has 0 bridgehead atoms. The number of nitrogens with zero attached hydrogens (tertiary/aromatic N) is 1. The van der Waals surface area contributed by atoms with Gasteiger partial charge in [0.1, 0.15) is 11.6 Å². The highest BCUT2D eigenvalue weighted by Crippen LogP contribution is 2.29. The molecule has 0 radical (unpaired) electrons. The predicted molar refractivity (Wildman–Crippen MR) is 82.0 cm³/mol. The summed E-state index contributed by atoms with van der Waals surface area (Å²) in [6.45, 7) is 5.07. The van der Waals surface area contributed by atoms with Crippen molar-refractivity contribution in [1.82, 2.24) is 4.98 Å². The third-order valence-electron chi connectivity index (χ3n) is 2.58. The summed E-state index contributed by atoms with van der Waals surface area (Å²) >= 11 is 3.50. The van der Waals surface area contributed by atoms with Gasteiger partial charge < -0.3 is 10.1 Å². The molecule has 0 aliphatic rings. The lowest BCUT2D eigenvalue weighted by atomic mass is 10.2. The Labute approximate surface area is 122 Å². The van der Waals surface area contributed by atoms with Crippen LogP contribution in [0.5, 0.6) is 11.6 Å². The Bertz CT molecular complexity index is 558. The first-order valence-corrected chi connectivity index (χ1v) is 7.13. The number of anilines is 1. The summed E-state index contributed by atoms with van der Waals surface area (Å²) in [4.78, 5) is 4.41.